The average molecular weight is 473 g/mol. The van der Waals surface area contributed by atoms with Gasteiger partial charge in [0.25, 0.3) is 0 Å². The summed E-state index contributed by atoms with van der Waals surface area (Å²) in [6.45, 7) is 9.61. The van der Waals surface area contributed by atoms with E-state index in [1.165, 1.54) is 22.3 Å². The van der Waals surface area contributed by atoms with E-state index >= 15 is 0 Å². The van der Waals surface area contributed by atoms with E-state index in [1.807, 2.05) is 18.3 Å². The Morgan fingerprint density at radius 2 is 1.77 bits per heavy atom. The van der Waals surface area contributed by atoms with Gasteiger partial charge in [-0.05, 0) is 53.8 Å². The van der Waals surface area contributed by atoms with Crippen LogP contribution < -0.4 is 21.3 Å². The van der Waals surface area contributed by atoms with E-state index in [0.717, 1.165) is 84.0 Å². The number of aromatic nitrogens is 1. The number of rotatable bonds is 6. The molecule has 3 heterocycles. The Hall–Kier alpha value is -2.77. The minimum atomic E-state index is 0.787. The van der Waals surface area contributed by atoms with Crippen molar-refractivity contribution in [2.24, 2.45) is 0 Å². The van der Waals surface area contributed by atoms with Crippen LogP contribution >= 0.6 is 0 Å². The van der Waals surface area contributed by atoms with Crippen LogP contribution in [0.2, 0.25) is 0 Å². The van der Waals surface area contributed by atoms with Crippen molar-refractivity contribution in [3.05, 3.63) is 101 Å². The smallest absolute Gasteiger partial charge is 0.0541 e. The molecule has 0 radical (unpaired) electrons. The molecule has 2 aliphatic heterocycles. The minimum Gasteiger partial charge on any atom is -0.387 e. The third-order valence-corrected chi connectivity index (χ3v) is 6.38. The van der Waals surface area contributed by atoms with E-state index in [0.29, 0.717) is 0 Å². The molecule has 0 unspecified atom stereocenters. The fraction of sp³-hybridized carbons (Fsp3) is 0.414. The second-order valence-electron chi connectivity index (χ2n) is 9.31. The molecule has 1 aromatic carbocycles. The maximum atomic E-state index is 4.37. The molecule has 0 spiro atoms. The molecule has 4 N–H and O–H groups in total. The molecule has 0 amide bonds. The third kappa shape index (κ3) is 9.42. The van der Waals surface area contributed by atoms with Crippen LogP contribution in [0.15, 0.2) is 84.2 Å². The summed E-state index contributed by atoms with van der Waals surface area (Å²) in [5.41, 5.74) is 6.58. The Balaban J connectivity index is 1.32. The van der Waals surface area contributed by atoms with Crippen molar-refractivity contribution < 1.29 is 0 Å². The summed E-state index contributed by atoms with van der Waals surface area (Å²) in [4.78, 5) is 6.92. The molecule has 0 atom stereocenters. The van der Waals surface area contributed by atoms with Crippen LogP contribution in [0.3, 0.4) is 0 Å². The summed E-state index contributed by atoms with van der Waals surface area (Å²) in [6, 6.07) is 15.1. The normalized spacial score (nSPS) is 20.8. The van der Waals surface area contributed by atoms with Crippen molar-refractivity contribution in [3.63, 3.8) is 0 Å². The number of fused-ring (bicyclic) bond motifs is 2. The summed E-state index contributed by atoms with van der Waals surface area (Å²) in [7, 11) is 0. The van der Waals surface area contributed by atoms with Gasteiger partial charge in [-0.15, -0.1) is 0 Å². The molecular formula is C29H40N6. The fourth-order valence-corrected chi connectivity index (χ4v) is 4.38. The SMILES string of the molecule is C1=C2/C=C\CCNCCNCCN(Cc3ccc(CNCc4ccccn4)cc3)C/C=C(\CN1)C2. The van der Waals surface area contributed by atoms with E-state index in [4.69, 9.17) is 0 Å². The van der Waals surface area contributed by atoms with Crippen LogP contribution in [0.4, 0.5) is 0 Å². The second kappa shape index (κ2) is 14.6. The van der Waals surface area contributed by atoms with Crippen molar-refractivity contribution in [2.45, 2.75) is 32.5 Å². The summed E-state index contributed by atoms with van der Waals surface area (Å²) < 4.78 is 0. The average Bonchev–Trinajstić information content (AvgIpc) is 2.89. The Morgan fingerprint density at radius 1 is 0.914 bits per heavy atom. The maximum Gasteiger partial charge on any atom is 0.0541 e. The molecule has 1 aromatic heterocycles. The largest absolute Gasteiger partial charge is 0.387 e. The van der Waals surface area contributed by atoms with Crippen molar-refractivity contribution in [1.29, 1.82) is 0 Å². The molecule has 0 saturated carbocycles. The van der Waals surface area contributed by atoms with E-state index < -0.39 is 0 Å². The van der Waals surface area contributed by atoms with Gasteiger partial charge in [0, 0.05) is 71.3 Å². The molecule has 6 nitrogen and oxygen atoms in total. The van der Waals surface area contributed by atoms with Gasteiger partial charge in [-0.2, -0.15) is 0 Å². The number of pyridine rings is 1. The lowest BCUT2D eigenvalue weighted by Gasteiger charge is -2.23. The lowest BCUT2D eigenvalue weighted by atomic mass is 10.0. The predicted molar refractivity (Wildman–Crippen MR) is 145 cm³/mol. The molecule has 2 bridgehead atoms. The first kappa shape index (κ1) is 25.3. The lowest BCUT2D eigenvalue weighted by Crippen LogP contribution is -2.35. The highest BCUT2D eigenvalue weighted by Crippen LogP contribution is 2.16. The predicted octanol–water partition coefficient (Wildman–Crippen LogP) is 3.12. The van der Waals surface area contributed by atoms with Crippen LogP contribution in [0.25, 0.3) is 0 Å². The topological polar surface area (TPSA) is 64.2 Å². The van der Waals surface area contributed by atoms with Crippen LogP contribution in [-0.2, 0) is 19.6 Å². The van der Waals surface area contributed by atoms with E-state index in [9.17, 15) is 0 Å². The van der Waals surface area contributed by atoms with Gasteiger partial charge < -0.3 is 21.3 Å². The standard InChI is InChI=1S/C29H40N6/c1-3-12-30-14-15-31-16-18-35(17-11-28-19-27(5-1)21-32-22-28)24-26-9-7-25(8-10-26)20-33-23-29-6-2-4-13-34-29/h1-2,4-11,13,21,30-33H,3,12,14-20,22-24H2/b5-1-,28-11-. The molecule has 2 aliphatic rings. The third-order valence-electron chi connectivity index (χ3n) is 6.38. The van der Waals surface area contributed by atoms with E-state index in [1.54, 1.807) is 0 Å². The van der Waals surface area contributed by atoms with Crippen LogP contribution in [0.5, 0.6) is 0 Å². The van der Waals surface area contributed by atoms with Crippen LogP contribution in [-0.4, -0.2) is 55.7 Å². The Kier molecular flexibility index (Phi) is 10.6. The first-order valence-electron chi connectivity index (χ1n) is 12.9. The molecule has 6 heteroatoms. The van der Waals surface area contributed by atoms with Crippen molar-refractivity contribution in [2.75, 3.05) is 45.8 Å². The summed E-state index contributed by atoms with van der Waals surface area (Å²) in [6.07, 6.45) is 13.1. The van der Waals surface area contributed by atoms with Gasteiger partial charge in [0.2, 0.25) is 0 Å². The zero-order valence-electron chi connectivity index (χ0n) is 20.8. The molecule has 2 aromatic rings. The van der Waals surface area contributed by atoms with Crippen LogP contribution in [0, 0.1) is 0 Å². The van der Waals surface area contributed by atoms with Gasteiger partial charge in [0.05, 0.1) is 5.69 Å². The molecule has 186 valence electrons. The first-order chi connectivity index (χ1) is 17.3. The van der Waals surface area contributed by atoms with Gasteiger partial charge >= 0.3 is 0 Å². The van der Waals surface area contributed by atoms with Gasteiger partial charge in [-0.1, -0.05) is 48.6 Å². The quantitative estimate of drug-likeness (QED) is 0.485. The van der Waals surface area contributed by atoms with Gasteiger partial charge in [0.1, 0.15) is 0 Å². The van der Waals surface area contributed by atoms with E-state index in [2.05, 4.69) is 85.9 Å². The molecule has 0 fully saturated rings. The molecule has 0 saturated heterocycles. The van der Waals surface area contributed by atoms with Crippen molar-refractivity contribution in [1.82, 2.24) is 31.2 Å². The zero-order chi connectivity index (χ0) is 24.0. The highest BCUT2D eigenvalue weighted by Gasteiger charge is 2.09. The summed E-state index contributed by atoms with van der Waals surface area (Å²) >= 11 is 0. The van der Waals surface area contributed by atoms with Crippen LogP contribution in [0.1, 0.15) is 29.7 Å². The van der Waals surface area contributed by atoms with Gasteiger partial charge in [0.15, 0.2) is 0 Å². The summed E-state index contributed by atoms with van der Waals surface area (Å²) in [5.74, 6) is 0. The highest BCUT2D eigenvalue weighted by molar-refractivity contribution is 5.29. The number of allylic oxidation sites excluding steroid dienone is 2. The number of hydrogen-bond acceptors (Lipinski definition) is 6. The zero-order valence-corrected chi connectivity index (χ0v) is 20.8. The molecule has 35 heavy (non-hydrogen) atoms. The lowest BCUT2D eigenvalue weighted by molar-refractivity contribution is 0.292. The monoisotopic (exact) mass is 472 g/mol. The number of nitrogens with zero attached hydrogens (tertiary/aromatic N) is 2. The van der Waals surface area contributed by atoms with Gasteiger partial charge in [-0.25, -0.2) is 0 Å². The maximum absolute atomic E-state index is 4.37. The Labute approximate surface area is 210 Å². The molecular weight excluding hydrogens is 432 g/mol. The number of benzene rings is 1. The Bertz CT molecular complexity index is 964. The van der Waals surface area contributed by atoms with E-state index in [-0.39, 0.29) is 0 Å². The van der Waals surface area contributed by atoms with Gasteiger partial charge in [-0.3, -0.25) is 9.88 Å². The molecule has 4 rings (SSSR count). The summed E-state index contributed by atoms with van der Waals surface area (Å²) in [5, 5.41) is 14.1. The first-order valence-corrected chi connectivity index (χ1v) is 12.9. The van der Waals surface area contributed by atoms with Crippen molar-refractivity contribution in [3.8, 4) is 0 Å². The second-order valence-corrected chi connectivity index (χ2v) is 9.31. The number of nitrogens with one attached hydrogen (secondary N) is 4. The molecule has 0 aliphatic carbocycles. The number of hydrogen-bond donors (Lipinski definition) is 4. The Morgan fingerprint density at radius 3 is 2.63 bits per heavy atom. The highest BCUT2D eigenvalue weighted by atomic mass is 15.1. The van der Waals surface area contributed by atoms with Crippen molar-refractivity contribution >= 4 is 0 Å². The minimum absolute atomic E-state index is 0.787. The fourth-order valence-electron chi connectivity index (χ4n) is 4.38.